The molecule has 0 saturated heterocycles. The van der Waals surface area contributed by atoms with E-state index in [0.29, 0.717) is 24.3 Å². The summed E-state index contributed by atoms with van der Waals surface area (Å²) in [7, 11) is 0. The zero-order valence-electron chi connectivity index (χ0n) is 6.96. The number of Topliss-reactive ketones (excluding diaryl/α,β-unsaturated/α-hetero) is 1. The van der Waals surface area contributed by atoms with Crippen molar-refractivity contribution >= 4 is 17.4 Å². The van der Waals surface area contributed by atoms with Gasteiger partial charge in [-0.25, -0.2) is 4.39 Å². The molecule has 13 heavy (non-hydrogen) atoms. The number of rotatable bonds is 4. The van der Waals surface area contributed by atoms with Gasteiger partial charge < -0.3 is 0 Å². The molecule has 0 fully saturated rings. The molecule has 1 aromatic heterocycles. The van der Waals surface area contributed by atoms with Gasteiger partial charge in [-0.15, -0.1) is 11.6 Å². The van der Waals surface area contributed by atoms with Crippen molar-refractivity contribution in [1.82, 2.24) is 4.98 Å². The smallest absolute Gasteiger partial charge is 0.164 e. The summed E-state index contributed by atoms with van der Waals surface area (Å²) in [5, 5.41) is 0. The van der Waals surface area contributed by atoms with Crippen LogP contribution in [-0.4, -0.2) is 16.6 Å². The average Bonchev–Trinajstić information content (AvgIpc) is 2.14. The van der Waals surface area contributed by atoms with Crippen molar-refractivity contribution in [2.24, 2.45) is 0 Å². The second-order valence-electron chi connectivity index (χ2n) is 2.61. The first-order valence-corrected chi connectivity index (χ1v) is 4.47. The SMILES string of the molecule is O=C(CCCCl)c1cncc(F)c1. The Kier molecular flexibility index (Phi) is 3.83. The number of alkyl halides is 1. The maximum atomic E-state index is 12.6. The summed E-state index contributed by atoms with van der Waals surface area (Å²) >= 11 is 5.42. The molecule has 0 saturated carbocycles. The molecule has 0 atom stereocenters. The summed E-state index contributed by atoms with van der Waals surface area (Å²) in [6, 6.07) is 1.18. The van der Waals surface area contributed by atoms with E-state index in [0.717, 1.165) is 6.20 Å². The quantitative estimate of drug-likeness (QED) is 0.553. The lowest BCUT2D eigenvalue weighted by molar-refractivity contribution is 0.0981. The number of halogens is 2. The van der Waals surface area contributed by atoms with E-state index >= 15 is 0 Å². The molecule has 4 heteroatoms. The van der Waals surface area contributed by atoms with E-state index in [2.05, 4.69) is 4.98 Å². The Hall–Kier alpha value is -0.960. The highest BCUT2D eigenvalue weighted by molar-refractivity contribution is 6.18. The third-order valence-electron chi connectivity index (χ3n) is 1.56. The lowest BCUT2D eigenvalue weighted by Gasteiger charge is -1.98. The van der Waals surface area contributed by atoms with Crippen molar-refractivity contribution in [3.63, 3.8) is 0 Å². The zero-order chi connectivity index (χ0) is 9.68. The molecule has 0 radical (unpaired) electrons. The Labute approximate surface area is 80.7 Å². The predicted octanol–water partition coefficient (Wildman–Crippen LogP) is 2.42. The number of hydrogen-bond acceptors (Lipinski definition) is 2. The Morgan fingerprint density at radius 2 is 2.31 bits per heavy atom. The van der Waals surface area contributed by atoms with Gasteiger partial charge in [-0.1, -0.05) is 0 Å². The maximum absolute atomic E-state index is 12.6. The summed E-state index contributed by atoms with van der Waals surface area (Å²) in [5.41, 5.74) is 0.310. The predicted molar refractivity (Wildman–Crippen MR) is 48.5 cm³/mol. The van der Waals surface area contributed by atoms with E-state index in [1.807, 2.05) is 0 Å². The monoisotopic (exact) mass is 201 g/mol. The molecular formula is C9H9ClFNO. The molecule has 0 aliphatic carbocycles. The van der Waals surface area contributed by atoms with Crippen molar-refractivity contribution in [3.8, 4) is 0 Å². The van der Waals surface area contributed by atoms with Crippen LogP contribution in [0, 0.1) is 5.82 Å². The van der Waals surface area contributed by atoms with Crippen LogP contribution in [0.15, 0.2) is 18.5 Å². The van der Waals surface area contributed by atoms with E-state index in [1.54, 1.807) is 0 Å². The van der Waals surface area contributed by atoms with Crippen LogP contribution < -0.4 is 0 Å². The van der Waals surface area contributed by atoms with Crippen molar-refractivity contribution in [2.75, 3.05) is 5.88 Å². The lowest BCUT2D eigenvalue weighted by atomic mass is 10.1. The molecule has 1 rings (SSSR count). The Morgan fingerprint density at radius 3 is 2.92 bits per heavy atom. The fourth-order valence-electron chi connectivity index (χ4n) is 0.936. The normalized spacial score (nSPS) is 10.0. The second kappa shape index (κ2) is 4.92. The van der Waals surface area contributed by atoms with E-state index in [1.165, 1.54) is 12.3 Å². The van der Waals surface area contributed by atoms with Crippen molar-refractivity contribution in [2.45, 2.75) is 12.8 Å². The van der Waals surface area contributed by atoms with Gasteiger partial charge in [0.2, 0.25) is 0 Å². The molecule has 0 N–H and O–H groups in total. The first-order chi connectivity index (χ1) is 6.24. The molecule has 2 nitrogen and oxygen atoms in total. The number of pyridine rings is 1. The first-order valence-electron chi connectivity index (χ1n) is 3.94. The highest BCUT2D eigenvalue weighted by Crippen LogP contribution is 2.06. The minimum atomic E-state index is -0.489. The van der Waals surface area contributed by atoms with Gasteiger partial charge in [0.15, 0.2) is 5.78 Å². The van der Waals surface area contributed by atoms with Gasteiger partial charge in [-0.05, 0) is 12.5 Å². The third kappa shape index (κ3) is 3.11. The number of aromatic nitrogens is 1. The molecular weight excluding hydrogens is 193 g/mol. The number of nitrogens with zero attached hydrogens (tertiary/aromatic N) is 1. The third-order valence-corrected chi connectivity index (χ3v) is 1.83. The zero-order valence-corrected chi connectivity index (χ0v) is 7.72. The number of ketones is 1. The number of carbonyl (C=O) groups excluding carboxylic acids is 1. The van der Waals surface area contributed by atoms with Gasteiger partial charge in [-0.2, -0.15) is 0 Å². The summed E-state index contributed by atoms with van der Waals surface area (Å²) in [6.07, 6.45) is 3.38. The van der Waals surface area contributed by atoms with Crippen LogP contribution in [0.1, 0.15) is 23.2 Å². The van der Waals surface area contributed by atoms with Gasteiger partial charge in [0.05, 0.1) is 6.20 Å². The van der Waals surface area contributed by atoms with Crippen LogP contribution in [0.3, 0.4) is 0 Å². The lowest BCUT2D eigenvalue weighted by Crippen LogP contribution is -2.00. The molecule has 0 unspecified atom stereocenters. The molecule has 0 aliphatic rings. The Morgan fingerprint density at radius 1 is 1.54 bits per heavy atom. The standard InChI is InChI=1S/C9H9ClFNO/c10-3-1-2-9(13)7-4-8(11)6-12-5-7/h4-6H,1-3H2. The van der Waals surface area contributed by atoms with E-state index in [4.69, 9.17) is 11.6 Å². The fraction of sp³-hybridized carbons (Fsp3) is 0.333. The highest BCUT2D eigenvalue weighted by Gasteiger charge is 2.06. The van der Waals surface area contributed by atoms with Crippen LogP contribution in [0.25, 0.3) is 0 Å². The summed E-state index contributed by atoms with van der Waals surface area (Å²) < 4.78 is 12.6. The first kappa shape index (κ1) is 10.1. The summed E-state index contributed by atoms with van der Waals surface area (Å²) in [4.78, 5) is 14.9. The molecule has 0 aliphatic heterocycles. The molecule has 0 bridgehead atoms. The summed E-state index contributed by atoms with van der Waals surface area (Å²) in [6.45, 7) is 0. The van der Waals surface area contributed by atoms with Crippen molar-refractivity contribution in [1.29, 1.82) is 0 Å². The molecule has 1 aromatic rings. The average molecular weight is 202 g/mol. The minimum Gasteiger partial charge on any atom is -0.294 e. The Balaban J connectivity index is 2.66. The van der Waals surface area contributed by atoms with Crippen LogP contribution in [0.5, 0.6) is 0 Å². The van der Waals surface area contributed by atoms with Gasteiger partial charge in [0, 0.05) is 24.1 Å². The molecule has 1 heterocycles. The van der Waals surface area contributed by atoms with Gasteiger partial charge in [0.1, 0.15) is 5.82 Å². The van der Waals surface area contributed by atoms with Gasteiger partial charge >= 0.3 is 0 Å². The van der Waals surface area contributed by atoms with Crippen molar-refractivity contribution in [3.05, 3.63) is 29.8 Å². The molecule has 70 valence electrons. The van der Waals surface area contributed by atoms with E-state index < -0.39 is 5.82 Å². The molecule has 0 aromatic carbocycles. The van der Waals surface area contributed by atoms with Crippen molar-refractivity contribution < 1.29 is 9.18 Å². The highest BCUT2D eigenvalue weighted by atomic mass is 35.5. The van der Waals surface area contributed by atoms with Gasteiger partial charge in [-0.3, -0.25) is 9.78 Å². The van der Waals surface area contributed by atoms with Crippen LogP contribution in [0.2, 0.25) is 0 Å². The van der Waals surface area contributed by atoms with E-state index in [-0.39, 0.29) is 5.78 Å². The minimum absolute atomic E-state index is 0.118. The largest absolute Gasteiger partial charge is 0.294 e. The van der Waals surface area contributed by atoms with Crippen LogP contribution >= 0.6 is 11.6 Å². The Bertz CT molecular complexity index is 303. The molecule has 0 amide bonds. The molecule has 0 spiro atoms. The topological polar surface area (TPSA) is 30.0 Å². The number of carbonyl (C=O) groups is 1. The summed E-state index contributed by atoms with van der Waals surface area (Å²) in [5.74, 6) is -0.168. The maximum Gasteiger partial charge on any atom is 0.164 e. The second-order valence-corrected chi connectivity index (χ2v) is 2.99. The van der Waals surface area contributed by atoms with Crippen LogP contribution in [0.4, 0.5) is 4.39 Å². The van der Waals surface area contributed by atoms with Gasteiger partial charge in [0.25, 0.3) is 0 Å². The number of hydrogen-bond donors (Lipinski definition) is 0. The fourth-order valence-corrected chi connectivity index (χ4v) is 1.07. The van der Waals surface area contributed by atoms with Crippen LogP contribution in [-0.2, 0) is 0 Å². The van der Waals surface area contributed by atoms with E-state index in [9.17, 15) is 9.18 Å².